The smallest absolute Gasteiger partial charge is 0.293 e. The summed E-state index contributed by atoms with van der Waals surface area (Å²) in [6, 6.07) is 11.6. The lowest BCUT2D eigenvalue weighted by molar-refractivity contribution is 0.122. The number of ether oxygens (including phenoxy) is 2. The molecular formula is C23H24N6O3. The van der Waals surface area contributed by atoms with E-state index < -0.39 is 0 Å². The summed E-state index contributed by atoms with van der Waals surface area (Å²) in [4.78, 5) is 19.8. The third kappa shape index (κ3) is 3.67. The number of nitrogens with one attached hydrogen (secondary N) is 2. The maximum Gasteiger partial charge on any atom is 0.293 e. The number of aromatic amines is 1. The summed E-state index contributed by atoms with van der Waals surface area (Å²) in [6.45, 7) is 3.03. The first-order valence-corrected chi connectivity index (χ1v) is 10.4. The maximum absolute atomic E-state index is 13.0. The van der Waals surface area contributed by atoms with Gasteiger partial charge < -0.3 is 24.3 Å². The van der Waals surface area contributed by atoms with E-state index in [1.54, 1.807) is 24.9 Å². The van der Waals surface area contributed by atoms with E-state index >= 15 is 0 Å². The van der Waals surface area contributed by atoms with Crippen LogP contribution < -0.4 is 20.5 Å². The number of rotatable bonds is 5. The van der Waals surface area contributed by atoms with Crippen molar-refractivity contribution in [1.29, 1.82) is 0 Å². The highest BCUT2D eigenvalue weighted by Gasteiger charge is 2.17. The van der Waals surface area contributed by atoms with Gasteiger partial charge in [0.05, 0.1) is 43.2 Å². The normalized spacial score (nSPS) is 14.0. The molecule has 0 amide bonds. The Bertz CT molecular complexity index is 1310. The van der Waals surface area contributed by atoms with Gasteiger partial charge in [-0.3, -0.25) is 9.89 Å². The summed E-state index contributed by atoms with van der Waals surface area (Å²) in [7, 11) is 3.40. The molecule has 0 aliphatic carbocycles. The van der Waals surface area contributed by atoms with E-state index in [1.165, 1.54) is 0 Å². The molecule has 0 bridgehead atoms. The lowest BCUT2D eigenvalue weighted by Gasteiger charge is -2.30. The Hall–Kier alpha value is -3.85. The van der Waals surface area contributed by atoms with E-state index in [1.807, 2.05) is 42.6 Å². The average Bonchev–Trinajstić information content (AvgIpc) is 3.38. The van der Waals surface area contributed by atoms with Gasteiger partial charge in [0.2, 0.25) is 0 Å². The number of H-pyrrole nitrogens is 1. The molecule has 0 radical (unpaired) electrons. The molecule has 1 aliphatic rings. The summed E-state index contributed by atoms with van der Waals surface area (Å²) in [5.74, 6) is 0.997. The number of methoxy groups -OCH3 is 1. The van der Waals surface area contributed by atoms with E-state index in [2.05, 4.69) is 25.4 Å². The monoisotopic (exact) mass is 432 g/mol. The van der Waals surface area contributed by atoms with Crippen molar-refractivity contribution in [3.63, 3.8) is 0 Å². The quantitative estimate of drug-likeness (QED) is 0.500. The third-order valence-electron chi connectivity index (χ3n) is 5.70. The number of fused-ring (bicyclic) bond motifs is 1. The minimum absolute atomic E-state index is 0.210. The Morgan fingerprint density at radius 1 is 1.12 bits per heavy atom. The van der Waals surface area contributed by atoms with Crippen LogP contribution in [-0.2, 0) is 11.8 Å². The first-order valence-electron chi connectivity index (χ1n) is 10.4. The molecule has 2 aromatic carbocycles. The molecule has 32 heavy (non-hydrogen) atoms. The molecule has 4 aromatic rings. The zero-order valence-corrected chi connectivity index (χ0v) is 18.0. The topological polar surface area (TPSA) is 97.3 Å². The van der Waals surface area contributed by atoms with Crippen molar-refractivity contribution in [3.05, 3.63) is 59.1 Å². The van der Waals surface area contributed by atoms with Crippen LogP contribution in [0.2, 0.25) is 0 Å². The number of aryl methyl sites for hydroxylation is 1. The van der Waals surface area contributed by atoms with Gasteiger partial charge in [0, 0.05) is 43.7 Å². The van der Waals surface area contributed by atoms with Crippen molar-refractivity contribution >= 4 is 28.2 Å². The largest absolute Gasteiger partial charge is 0.495 e. The van der Waals surface area contributed by atoms with Gasteiger partial charge >= 0.3 is 0 Å². The lowest BCUT2D eigenvalue weighted by atomic mass is 10.1. The predicted molar refractivity (Wildman–Crippen MR) is 124 cm³/mol. The molecule has 9 heteroatoms. The van der Waals surface area contributed by atoms with Crippen LogP contribution in [0.1, 0.15) is 0 Å². The number of nitrogens with zero attached hydrogens (tertiary/aromatic N) is 4. The third-order valence-corrected chi connectivity index (χ3v) is 5.70. The molecule has 0 spiro atoms. The van der Waals surface area contributed by atoms with Crippen molar-refractivity contribution < 1.29 is 9.47 Å². The minimum atomic E-state index is -0.210. The Morgan fingerprint density at radius 3 is 2.72 bits per heavy atom. The number of anilines is 3. The first kappa shape index (κ1) is 20.1. The van der Waals surface area contributed by atoms with Crippen LogP contribution in [0.5, 0.6) is 5.75 Å². The van der Waals surface area contributed by atoms with Crippen LogP contribution in [0.15, 0.2) is 53.6 Å². The molecular weight excluding hydrogens is 408 g/mol. The predicted octanol–water partition coefficient (Wildman–Crippen LogP) is 2.91. The van der Waals surface area contributed by atoms with E-state index in [-0.39, 0.29) is 11.4 Å². The number of morpholine rings is 1. The molecule has 1 aliphatic heterocycles. The van der Waals surface area contributed by atoms with Crippen LogP contribution in [0, 0.1) is 0 Å². The highest BCUT2D eigenvalue weighted by atomic mass is 16.5. The van der Waals surface area contributed by atoms with Crippen molar-refractivity contribution in [1.82, 2.24) is 19.7 Å². The van der Waals surface area contributed by atoms with Crippen LogP contribution in [0.25, 0.3) is 22.2 Å². The number of aromatic nitrogens is 4. The van der Waals surface area contributed by atoms with Crippen molar-refractivity contribution in [2.24, 2.45) is 7.05 Å². The zero-order valence-electron chi connectivity index (χ0n) is 18.0. The van der Waals surface area contributed by atoms with Gasteiger partial charge in [0.15, 0.2) is 5.82 Å². The molecule has 9 nitrogen and oxygen atoms in total. The molecule has 1 saturated heterocycles. The fraction of sp³-hybridized carbons (Fsp3) is 0.261. The highest BCUT2D eigenvalue weighted by molar-refractivity contribution is 5.83. The van der Waals surface area contributed by atoms with Gasteiger partial charge in [-0.2, -0.15) is 5.10 Å². The molecule has 0 saturated carbocycles. The second kappa shape index (κ2) is 8.35. The van der Waals surface area contributed by atoms with Crippen molar-refractivity contribution in [2.45, 2.75) is 0 Å². The molecule has 2 aromatic heterocycles. The Labute approximate surface area is 184 Å². The van der Waals surface area contributed by atoms with Crippen molar-refractivity contribution in [3.8, 4) is 16.9 Å². The number of hydrogen-bond acceptors (Lipinski definition) is 7. The molecule has 1 fully saturated rings. The molecule has 2 N–H and O–H groups in total. The summed E-state index contributed by atoms with van der Waals surface area (Å²) in [6.07, 6.45) is 3.56. The molecule has 5 rings (SSSR count). The lowest BCUT2D eigenvalue weighted by Crippen LogP contribution is -2.36. The summed E-state index contributed by atoms with van der Waals surface area (Å²) >= 11 is 0. The van der Waals surface area contributed by atoms with Gasteiger partial charge in [-0.25, -0.2) is 4.98 Å². The van der Waals surface area contributed by atoms with E-state index in [0.29, 0.717) is 13.2 Å². The fourth-order valence-corrected chi connectivity index (χ4v) is 3.95. The van der Waals surface area contributed by atoms with Crippen LogP contribution >= 0.6 is 0 Å². The average molecular weight is 432 g/mol. The Morgan fingerprint density at radius 2 is 1.97 bits per heavy atom. The van der Waals surface area contributed by atoms with Gasteiger partial charge in [-0.05, 0) is 29.8 Å². The van der Waals surface area contributed by atoms with Crippen LogP contribution in [-0.4, -0.2) is 53.2 Å². The van der Waals surface area contributed by atoms with E-state index in [0.717, 1.165) is 52.4 Å². The summed E-state index contributed by atoms with van der Waals surface area (Å²) < 4.78 is 12.7. The molecule has 0 atom stereocenters. The van der Waals surface area contributed by atoms with Crippen molar-refractivity contribution in [2.75, 3.05) is 43.6 Å². The first-order chi connectivity index (χ1) is 15.6. The SMILES string of the molecule is COc1cc(Nc2nc3ccc(-c4cn[nH]c4)cc3n(C)c2=O)ccc1N1CCOCC1. The minimum Gasteiger partial charge on any atom is -0.495 e. The Balaban J connectivity index is 1.48. The van der Waals surface area contributed by atoms with Crippen LogP contribution in [0.4, 0.5) is 17.2 Å². The van der Waals surface area contributed by atoms with E-state index in [9.17, 15) is 4.79 Å². The molecule has 0 unspecified atom stereocenters. The van der Waals surface area contributed by atoms with Gasteiger partial charge in [0.25, 0.3) is 5.56 Å². The standard InChI is InChI=1S/C23H24N6O3/c1-28-20-11-15(16-13-24-25-14-16)3-5-18(20)27-22(23(28)30)26-17-4-6-19(21(12-17)31-2)29-7-9-32-10-8-29/h3-6,11-14H,7-10H2,1-2H3,(H,24,25)(H,26,27). The highest BCUT2D eigenvalue weighted by Crippen LogP contribution is 2.32. The number of hydrogen-bond donors (Lipinski definition) is 2. The van der Waals surface area contributed by atoms with Crippen LogP contribution in [0.3, 0.4) is 0 Å². The fourth-order valence-electron chi connectivity index (χ4n) is 3.95. The second-order valence-electron chi connectivity index (χ2n) is 7.63. The van der Waals surface area contributed by atoms with E-state index in [4.69, 9.17) is 9.47 Å². The Kier molecular flexibility index (Phi) is 5.24. The maximum atomic E-state index is 13.0. The van der Waals surface area contributed by atoms with Gasteiger partial charge in [-0.1, -0.05) is 6.07 Å². The summed E-state index contributed by atoms with van der Waals surface area (Å²) in [5.41, 5.74) is 4.92. The molecule has 164 valence electrons. The second-order valence-corrected chi connectivity index (χ2v) is 7.63. The zero-order chi connectivity index (χ0) is 22.1. The van der Waals surface area contributed by atoms with Gasteiger partial charge in [0.1, 0.15) is 5.75 Å². The number of benzene rings is 2. The van der Waals surface area contributed by atoms with Gasteiger partial charge in [-0.15, -0.1) is 0 Å². The molecule has 3 heterocycles. The summed E-state index contributed by atoms with van der Waals surface area (Å²) in [5, 5.41) is 9.97.